The van der Waals surface area contributed by atoms with Crippen molar-refractivity contribution in [2.45, 2.75) is 13.5 Å². The number of carbonyl (C=O) groups excluding carboxylic acids is 2. The minimum atomic E-state index is -0.438. The number of hydrogen-bond acceptors (Lipinski definition) is 6. The van der Waals surface area contributed by atoms with Crippen LogP contribution in [-0.2, 0) is 23.1 Å². The standard InChI is InChI=1S/C21H24N4O3S/c1-4-28-21(27)19-17(16-8-6-5-7-9-16)14-29-20(19)23-18(26)13-24(2)11-15-10-22-25(3)12-15/h5-10,12,14H,4,11,13H2,1-3H3,(H,23,26). The van der Waals surface area contributed by atoms with E-state index in [2.05, 4.69) is 10.4 Å². The number of aromatic nitrogens is 2. The summed E-state index contributed by atoms with van der Waals surface area (Å²) in [5.74, 6) is -0.630. The Morgan fingerprint density at radius 3 is 2.69 bits per heavy atom. The molecule has 0 aliphatic carbocycles. The summed E-state index contributed by atoms with van der Waals surface area (Å²) in [7, 11) is 3.72. The molecule has 0 aliphatic rings. The maximum absolute atomic E-state index is 12.6. The Bertz CT molecular complexity index is 981. The zero-order valence-corrected chi connectivity index (χ0v) is 17.5. The fourth-order valence-electron chi connectivity index (χ4n) is 3.02. The van der Waals surface area contributed by atoms with E-state index in [1.165, 1.54) is 11.3 Å². The molecule has 0 unspecified atom stereocenters. The van der Waals surface area contributed by atoms with Crippen LogP contribution in [0.1, 0.15) is 22.8 Å². The third-order valence-electron chi connectivity index (χ3n) is 4.23. The van der Waals surface area contributed by atoms with Crippen molar-refractivity contribution in [1.29, 1.82) is 0 Å². The van der Waals surface area contributed by atoms with Crippen LogP contribution < -0.4 is 5.32 Å². The maximum Gasteiger partial charge on any atom is 0.341 e. The van der Waals surface area contributed by atoms with Crippen molar-refractivity contribution in [2.75, 3.05) is 25.5 Å². The quantitative estimate of drug-likeness (QED) is 0.574. The monoisotopic (exact) mass is 412 g/mol. The van der Waals surface area contributed by atoms with Crippen LogP contribution in [0.3, 0.4) is 0 Å². The molecule has 0 spiro atoms. The lowest BCUT2D eigenvalue weighted by Gasteiger charge is -2.15. The molecule has 8 heteroatoms. The van der Waals surface area contributed by atoms with Gasteiger partial charge in [0, 0.05) is 36.3 Å². The van der Waals surface area contributed by atoms with Crippen LogP contribution in [0.5, 0.6) is 0 Å². The van der Waals surface area contributed by atoms with Crippen LogP contribution in [0.15, 0.2) is 48.1 Å². The van der Waals surface area contributed by atoms with Crippen LogP contribution in [-0.4, -0.2) is 46.8 Å². The Kier molecular flexibility index (Phi) is 6.79. The number of hydrogen-bond donors (Lipinski definition) is 1. The maximum atomic E-state index is 12.6. The third kappa shape index (κ3) is 5.30. The summed E-state index contributed by atoms with van der Waals surface area (Å²) in [6, 6.07) is 9.60. The molecule has 2 heterocycles. The fraction of sp³-hybridized carbons (Fsp3) is 0.286. The number of nitrogens with zero attached hydrogens (tertiary/aromatic N) is 3. The van der Waals surface area contributed by atoms with Crippen LogP contribution in [0.2, 0.25) is 0 Å². The molecule has 0 atom stereocenters. The van der Waals surface area contributed by atoms with Crippen molar-refractivity contribution in [3.63, 3.8) is 0 Å². The molecule has 2 aromatic heterocycles. The van der Waals surface area contributed by atoms with Gasteiger partial charge in [-0.1, -0.05) is 30.3 Å². The van der Waals surface area contributed by atoms with Crippen LogP contribution in [0.4, 0.5) is 5.00 Å². The predicted molar refractivity (Wildman–Crippen MR) is 114 cm³/mol. The lowest BCUT2D eigenvalue weighted by Crippen LogP contribution is -2.30. The molecular weight excluding hydrogens is 388 g/mol. The minimum Gasteiger partial charge on any atom is -0.462 e. The van der Waals surface area contributed by atoms with E-state index in [1.807, 2.05) is 60.9 Å². The molecule has 1 amide bonds. The van der Waals surface area contributed by atoms with Crippen LogP contribution >= 0.6 is 11.3 Å². The highest BCUT2D eigenvalue weighted by atomic mass is 32.1. The molecule has 29 heavy (non-hydrogen) atoms. The van der Waals surface area contributed by atoms with Gasteiger partial charge < -0.3 is 10.1 Å². The summed E-state index contributed by atoms with van der Waals surface area (Å²) in [5.41, 5.74) is 3.08. The van der Waals surface area contributed by atoms with Crippen molar-refractivity contribution in [3.8, 4) is 11.1 Å². The second kappa shape index (κ2) is 9.49. The van der Waals surface area contributed by atoms with Gasteiger partial charge in [0.2, 0.25) is 5.91 Å². The van der Waals surface area contributed by atoms with Gasteiger partial charge in [-0.2, -0.15) is 5.10 Å². The van der Waals surface area contributed by atoms with Gasteiger partial charge >= 0.3 is 5.97 Å². The number of likely N-dealkylation sites (N-methyl/N-ethyl adjacent to an activating group) is 1. The summed E-state index contributed by atoms with van der Waals surface area (Å²) in [4.78, 5) is 27.1. The molecule has 0 bridgehead atoms. The number of benzene rings is 1. The van der Waals surface area contributed by atoms with Crippen LogP contribution in [0.25, 0.3) is 11.1 Å². The Balaban J connectivity index is 1.74. The number of aryl methyl sites for hydroxylation is 1. The molecule has 3 aromatic rings. The van der Waals surface area contributed by atoms with E-state index in [1.54, 1.807) is 17.8 Å². The van der Waals surface area contributed by atoms with Gasteiger partial charge in [-0.15, -0.1) is 11.3 Å². The second-order valence-electron chi connectivity index (χ2n) is 6.68. The molecule has 7 nitrogen and oxygen atoms in total. The predicted octanol–water partition coefficient (Wildman–Crippen LogP) is 3.40. The number of carbonyl (C=O) groups is 2. The van der Waals surface area contributed by atoms with Gasteiger partial charge in [0.25, 0.3) is 0 Å². The highest BCUT2D eigenvalue weighted by molar-refractivity contribution is 7.15. The average molecular weight is 413 g/mol. The molecular formula is C21H24N4O3S. The summed E-state index contributed by atoms with van der Waals surface area (Å²) in [6.07, 6.45) is 3.69. The first-order chi connectivity index (χ1) is 14.0. The Morgan fingerprint density at radius 1 is 1.28 bits per heavy atom. The number of amides is 1. The van der Waals surface area contributed by atoms with Crippen molar-refractivity contribution in [2.24, 2.45) is 7.05 Å². The topological polar surface area (TPSA) is 76.5 Å². The highest BCUT2D eigenvalue weighted by Crippen LogP contribution is 2.36. The zero-order chi connectivity index (χ0) is 20.8. The number of thiophene rings is 1. The van der Waals surface area contributed by atoms with Gasteiger partial charge in [0.1, 0.15) is 10.6 Å². The normalized spacial score (nSPS) is 10.9. The zero-order valence-electron chi connectivity index (χ0n) is 16.7. The molecule has 0 aliphatic heterocycles. The first-order valence-electron chi connectivity index (χ1n) is 9.28. The number of ether oxygens (including phenoxy) is 1. The van der Waals surface area contributed by atoms with Crippen molar-refractivity contribution >= 4 is 28.2 Å². The SMILES string of the molecule is CCOC(=O)c1c(-c2ccccc2)csc1NC(=O)CN(C)Cc1cnn(C)c1. The van der Waals surface area contributed by atoms with Crippen molar-refractivity contribution in [3.05, 3.63) is 59.2 Å². The lowest BCUT2D eigenvalue weighted by atomic mass is 10.0. The molecule has 1 aromatic carbocycles. The Morgan fingerprint density at radius 2 is 2.03 bits per heavy atom. The van der Waals surface area contributed by atoms with Crippen molar-refractivity contribution in [1.82, 2.24) is 14.7 Å². The molecule has 0 saturated carbocycles. The van der Waals surface area contributed by atoms with E-state index in [0.29, 0.717) is 17.1 Å². The Labute approximate surface area is 173 Å². The van der Waals surface area contributed by atoms with Crippen molar-refractivity contribution < 1.29 is 14.3 Å². The van der Waals surface area contributed by atoms with E-state index < -0.39 is 5.97 Å². The van der Waals surface area contributed by atoms with Gasteiger partial charge in [0.05, 0.1) is 19.3 Å². The molecule has 0 radical (unpaired) electrons. The first kappa shape index (κ1) is 20.8. The largest absolute Gasteiger partial charge is 0.462 e. The molecule has 0 saturated heterocycles. The van der Waals surface area contributed by atoms with E-state index in [-0.39, 0.29) is 19.1 Å². The van der Waals surface area contributed by atoms with Gasteiger partial charge in [-0.3, -0.25) is 14.4 Å². The minimum absolute atomic E-state index is 0.190. The van der Waals surface area contributed by atoms with Gasteiger partial charge in [-0.05, 0) is 19.5 Å². The average Bonchev–Trinajstić information content (AvgIpc) is 3.28. The van der Waals surface area contributed by atoms with E-state index in [9.17, 15) is 9.59 Å². The van der Waals surface area contributed by atoms with E-state index in [4.69, 9.17) is 4.74 Å². The third-order valence-corrected chi connectivity index (χ3v) is 5.13. The van der Waals surface area contributed by atoms with E-state index >= 15 is 0 Å². The fourth-order valence-corrected chi connectivity index (χ4v) is 3.99. The highest BCUT2D eigenvalue weighted by Gasteiger charge is 2.23. The number of rotatable bonds is 8. The Hall–Kier alpha value is -2.97. The summed E-state index contributed by atoms with van der Waals surface area (Å²) >= 11 is 1.32. The molecule has 3 rings (SSSR count). The summed E-state index contributed by atoms with van der Waals surface area (Å²) in [6.45, 7) is 2.82. The number of esters is 1. The summed E-state index contributed by atoms with van der Waals surface area (Å²) < 4.78 is 6.96. The molecule has 152 valence electrons. The van der Waals surface area contributed by atoms with E-state index in [0.717, 1.165) is 16.7 Å². The molecule has 1 N–H and O–H groups in total. The second-order valence-corrected chi connectivity index (χ2v) is 7.56. The van der Waals surface area contributed by atoms with Gasteiger partial charge in [-0.25, -0.2) is 4.79 Å². The van der Waals surface area contributed by atoms with Gasteiger partial charge in [0.15, 0.2) is 0 Å². The number of nitrogens with one attached hydrogen (secondary N) is 1. The first-order valence-corrected chi connectivity index (χ1v) is 10.2. The van der Waals surface area contributed by atoms with Crippen LogP contribution in [0, 0.1) is 0 Å². The lowest BCUT2D eigenvalue weighted by molar-refractivity contribution is -0.117. The molecule has 0 fully saturated rings. The summed E-state index contributed by atoms with van der Waals surface area (Å²) in [5, 5.41) is 9.39. The number of anilines is 1. The smallest absolute Gasteiger partial charge is 0.341 e.